The van der Waals surface area contributed by atoms with Gasteiger partial charge in [-0.2, -0.15) is 0 Å². The Morgan fingerprint density at radius 2 is 2.29 bits per heavy atom. The number of rotatable bonds is 4. The molecule has 0 radical (unpaired) electrons. The molecule has 1 atom stereocenters. The molecule has 0 bridgehead atoms. The molecular formula is C13H18BrN3. The van der Waals surface area contributed by atoms with E-state index in [9.17, 15) is 0 Å². The van der Waals surface area contributed by atoms with Crippen LogP contribution in [0.2, 0.25) is 0 Å². The number of nitrogens with one attached hydrogen (secondary N) is 1. The third kappa shape index (κ3) is 2.80. The van der Waals surface area contributed by atoms with Crippen molar-refractivity contribution in [3.63, 3.8) is 0 Å². The van der Waals surface area contributed by atoms with Crippen molar-refractivity contribution in [2.75, 3.05) is 25.0 Å². The van der Waals surface area contributed by atoms with Crippen LogP contribution in [0.25, 0.3) is 0 Å². The minimum atomic E-state index is 0.782. The van der Waals surface area contributed by atoms with Gasteiger partial charge in [0.05, 0.1) is 4.47 Å². The van der Waals surface area contributed by atoms with Gasteiger partial charge in [-0.05, 0) is 59.8 Å². The number of aromatic nitrogens is 1. The van der Waals surface area contributed by atoms with Gasteiger partial charge in [-0.1, -0.05) is 0 Å². The monoisotopic (exact) mass is 295 g/mol. The van der Waals surface area contributed by atoms with Gasteiger partial charge in [-0.25, -0.2) is 4.98 Å². The van der Waals surface area contributed by atoms with E-state index in [2.05, 4.69) is 31.1 Å². The molecule has 2 aliphatic rings. The summed E-state index contributed by atoms with van der Waals surface area (Å²) in [5.41, 5.74) is 0. The number of anilines is 1. The summed E-state index contributed by atoms with van der Waals surface area (Å²) >= 11 is 3.52. The van der Waals surface area contributed by atoms with Crippen molar-refractivity contribution in [3.8, 4) is 0 Å². The van der Waals surface area contributed by atoms with Gasteiger partial charge in [-0.3, -0.25) is 0 Å². The van der Waals surface area contributed by atoms with Gasteiger partial charge in [-0.15, -0.1) is 0 Å². The molecule has 1 aromatic heterocycles. The predicted molar refractivity (Wildman–Crippen MR) is 73.1 cm³/mol. The fraction of sp³-hybridized carbons (Fsp3) is 0.615. The number of nitrogens with zero attached hydrogens (tertiary/aromatic N) is 2. The zero-order chi connectivity index (χ0) is 11.7. The van der Waals surface area contributed by atoms with Crippen molar-refractivity contribution in [2.45, 2.75) is 25.3 Å². The smallest absolute Gasteiger partial charge is 0.140 e. The summed E-state index contributed by atoms with van der Waals surface area (Å²) in [6, 6.07) is 4.89. The summed E-state index contributed by atoms with van der Waals surface area (Å²) < 4.78 is 1.05. The maximum atomic E-state index is 4.33. The predicted octanol–water partition coefficient (Wildman–Crippen LogP) is 2.74. The molecule has 1 aliphatic heterocycles. The topological polar surface area (TPSA) is 28.2 Å². The Morgan fingerprint density at radius 3 is 3.06 bits per heavy atom. The minimum absolute atomic E-state index is 0.782. The molecule has 1 N–H and O–H groups in total. The Balaban J connectivity index is 1.50. The standard InChI is InChI=1S/C13H18BrN3/c14-12-2-1-6-15-13(12)16-8-10-5-7-17(9-10)11-3-4-11/h1-2,6,10-11H,3-5,7-9H2,(H,15,16). The summed E-state index contributed by atoms with van der Waals surface area (Å²) in [5.74, 6) is 1.75. The van der Waals surface area contributed by atoms with E-state index in [0.717, 1.165) is 28.8 Å². The lowest BCUT2D eigenvalue weighted by Crippen LogP contribution is -2.25. The highest BCUT2D eigenvalue weighted by Gasteiger charge is 2.34. The summed E-state index contributed by atoms with van der Waals surface area (Å²) in [6.45, 7) is 3.60. The summed E-state index contributed by atoms with van der Waals surface area (Å²) in [7, 11) is 0. The zero-order valence-corrected chi connectivity index (χ0v) is 11.5. The second-order valence-electron chi connectivity index (χ2n) is 5.10. The van der Waals surface area contributed by atoms with Crippen LogP contribution in [0.3, 0.4) is 0 Å². The van der Waals surface area contributed by atoms with Crippen LogP contribution < -0.4 is 5.32 Å². The minimum Gasteiger partial charge on any atom is -0.369 e. The van der Waals surface area contributed by atoms with Crippen molar-refractivity contribution in [1.29, 1.82) is 0 Å². The van der Waals surface area contributed by atoms with E-state index in [1.54, 1.807) is 0 Å². The molecule has 0 spiro atoms. The van der Waals surface area contributed by atoms with E-state index < -0.39 is 0 Å². The van der Waals surface area contributed by atoms with Gasteiger partial charge >= 0.3 is 0 Å². The number of hydrogen-bond acceptors (Lipinski definition) is 3. The third-order valence-corrected chi connectivity index (χ3v) is 4.34. The van der Waals surface area contributed by atoms with Crippen LogP contribution in [-0.2, 0) is 0 Å². The van der Waals surface area contributed by atoms with E-state index in [1.165, 1.54) is 32.4 Å². The molecule has 3 rings (SSSR count). The number of halogens is 1. The molecule has 1 saturated heterocycles. The summed E-state index contributed by atoms with van der Waals surface area (Å²) in [6.07, 6.45) is 6.00. The van der Waals surface area contributed by atoms with Crippen LogP contribution in [0.5, 0.6) is 0 Å². The first-order valence-corrected chi connectivity index (χ1v) is 7.20. The highest BCUT2D eigenvalue weighted by molar-refractivity contribution is 9.10. The van der Waals surface area contributed by atoms with E-state index in [0.29, 0.717) is 0 Å². The quantitative estimate of drug-likeness (QED) is 0.926. The van der Waals surface area contributed by atoms with Gasteiger partial charge < -0.3 is 10.2 Å². The van der Waals surface area contributed by atoms with E-state index >= 15 is 0 Å². The lowest BCUT2D eigenvalue weighted by atomic mass is 10.1. The van der Waals surface area contributed by atoms with Crippen LogP contribution in [0.4, 0.5) is 5.82 Å². The largest absolute Gasteiger partial charge is 0.369 e. The Bertz CT molecular complexity index is 392. The molecule has 3 nitrogen and oxygen atoms in total. The summed E-state index contributed by atoms with van der Waals surface area (Å²) in [4.78, 5) is 6.99. The molecule has 1 aliphatic carbocycles. The average Bonchev–Trinajstić information content (AvgIpc) is 3.08. The van der Waals surface area contributed by atoms with Gasteiger partial charge in [0.2, 0.25) is 0 Å². The SMILES string of the molecule is Brc1cccnc1NCC1CCN(C2CC2)C1. The van der Waals surface area contributed by atoms with Crippen molar-refractivity contribution < 1.29 is 0 Å². The second kappa shape index (κ2) is 4.94. The fourth-order valence-corrected chi connectivity index (χ4v) is 2.95. The van der Waals surface area contributed by atoms with E-state index in [4.69, 9.17) is 0 Å². The molecule has 4 heteroatoms. The van der Waals surface area contributed by atoms with Crippen molar-refractivity contribution in [2.24, 2.45) is 5.92 Å². The van der Waals surface area contributed by atoms with Crippen LogP contribution in [-0.4, -0.2) is 35.6 Å². The van der Waals surface area contributed by atoms with E-state index in [1.807, 2.05) is 18.3 Å². The van der Waals surface area contributed by atoms with Gasteiger partial charge in [0.15, 0.2) is 0 Å². The lowest BCUT2D eigenvalue weighted by Gasteiger charge is -2.15. The third-order valence-electron chi connectivity index (χ3n) is 3.70. The van der Waals surface area contributed by atoms with Crippen LogP contribution >= 0.6 is 15.9 Å². The Kier molecular flexibility index (Phi) is 3.34. The molecule has 1 aromatic rings. The molecule has 2 fully saturated rings. The molecule has 92 valence electrons. The fourth-order valence-electron chi connectivity index (χ4n) is 2.56. The molecule has 17 heavy (non-hydrogen) atoms. The van der Waals surface area contributed by atoms with Crippen LogP contribution in [0, 0.1) is 5.92 Å². The number of pyridine rings is 1. The molecule has 2 heterocycles. The van der Waals surface area contributed by atoms with Gasteiger partial charge in [0.25, 0.3) is 0 Å². The average molecular weight is 296 g/mol. The molecule has 1 unspecified atom stereocenters. The normalized spacial score (nSPS) is 25.1. The molecular weight excluding hydrogens is 278 g/mol. The number of likely N-dealkylation sites (tertiary alicyclic amines) is 1. The highest BCUT2D eigenvalue weighted by Crippen LogP contribution is 2.31. The lowest BCUT2D eigenvalue weighted by molar-refractivity contribution is 0.316. The van der Waals surface area contributed by atoms with Gasteiger partial charge in [0.1, 0.15) is 5.82 Å². The molecule has 1 saturated carbocycles. The Hall–Kier alpha value is -0.610. The second-order valence-corrected chi connectivity index (χ2v) is 5.95. The first kappa shape index (κ1) is 11.5. The zero-order valence-electron chi connectivity index (χ0n) is 9.90. The Morgan fingerprint density at radius 1 is 1.41 bits per heavy atom. The van der Waals surface area contributed by atoms with Crippen molar-refractivity contribution >= 4 is 21.7 Å². The summed E-state index contributed by atoms with van der Waals surface area (Å²) in [5, 5.41) is 3.45. The molecule has 0 amide bonds. The van der Waals surface area contributed by atoms with Crippen LogP contribution in [0.15, 0.2) is 22.8 Å². The van der Waals surface area contributed by atoms with Gasteiger partial charge in [0, 0.05) is 25.3 Å². The Labute approximate surface area is 111 Å². The van der Waals surface area contributed by atoms with E-state index in [-0.39, 0.29) is 0 Å². The maximum absolute atomic E-state index is 4.33. The van der Waals surface area contributed by atoms with Crippen molar-refractivity contribution in [1.82, 2.24) is 9.88 Å². The first-order valence-electron chi connectivity index (χ1n) is 6.41. The maximum Gasteiger partial charge on any atom is 0.140 e. The highest BCUT2D eigenvalue weighted by atomic mass is 79.9. The molecule has 0 aromatic carbocycles. The van der Waals surface area contributed by atoms with Crippen molar-refractivity contribution in [3.05, 3.63) is 22.8 Å². The number of hydrogen-bond donors (Lipinski definition) is 1. The van der Waals surface area contributed by atoms with Crippen LogP contribution in [0.1, 0.15) is 19.3 Å². The first-order chi connectivity index (χ1) is 8.33.